The van der Waals surface area contributed by atoms with Gasteiger partial charge in [-0.05, 0) is 49.4 Å². The van der Waals surface area contributed by atoms with Crippen LogP contribution in [-0.2, 0) is 10.0 Å². The summed E-state index contributed by atoms with van der Waals surface area (Å²) in [7, 11) is -2.33. The number of sulfonamides is 1. The van der Waals surface area contributed by atoms with Crippen molar-refractivity contribution in [1.82, 2.24) is 4.72 Å². The van der Waals surface area contributed by atoms with Crippen LogP contribution in [0.1, 0.15) is 30.0 Å². The van der Waals surface area contributed by atoms with Crippen LogP contribution < -0.4 is 9.46 Å². The van der Waals surface area contributed by atoms with Crippen LogP contribution in [0.3, 0.4) is 0 Å². The third kappa shape index (κ3) is 3.71. The van der Waals surface area contributed by atoms with Crippen molar-refractivity contribution in [2.24, 2.45) is 5.92 Å². The molecule has 2 aromatic carbocycles. The van der Waals surface area contributed by atoms with E-state index >= 15 is 0 Å². The van der Waals surface area contributed by atoms with Crippen molar-refractivity contribution in [1.29, 1.82) is 0 Å². The van der Waals surface area contributed by atoms with Crippen molar-refractivity contribution < 1.29 is 18.1 Å². The summed E-state index contributed by atoms with van der Waals surface area (Å²) in [4.78, 5) is 10.5. The summed E-state index contributed by atoms with van der Waals surface area (Å²) >= 11 is 0. The Morgan fingerprint density at radius 2 is 1.85 bits per heavy atom. The Balaban J connectivity index is 1.93. The van der Waals surface area contributed by atoms with Gasteiger partial charge in [-0.2, -0.15) is 0 Å². The van der Waals surface area contributed by atoms with Crippen molar-refractivity contribution in [3.8, 4) is 5.75 Å². The van der Waals surface area contributed by atoms with Gasteiger partial charge in [0.2, 0.25) is 10.0 Å². The van der Waals surface area contributed by atoms with Gasteiger partial charge < -0.3 is 4.74 Å². The van der Waals surface area contributed by atoms with Gasteiger partial charge in [0.05, 0.1) is 16.9 Å². The molecule has 0 aromatic heterocycles. The van der Waals surface area contributed by atoms with Crippen molar-refractivity contribution in [2.75, 3.05) is 7.11 Å². The number of nitrogens with zero attached hydrogens (tertiary/aromatic N) is 1. The van der Waals surface area contributed by atoms with Gasteiger partial charge in [-0.15, -0.1) is 0 Å². The van der Waals surface area contributed by atoms with Crippen LogP contribution in [0.4, 0.5) is 5.69 Å². The Morgan fingerprint density at radius 1 is 1.19 bits per heavy atom. The van der Waals surface area contributed by atoms with E-state index < -0.39 is 14.9 Å². The normalized spacial score (nSPS) is 15.5. The van der Waals surface area contributed by atoms with E-state index in [-0.39, 0.29) is 28.1 Å². The molecule has 1 unspecified atom stereocenters. The SMILES string of the molecule is COc1ccc(C(NS(=O)(=O)c2cccc([N+](=O)[O-])c2C)C2CC2)cc1. The highest BCUT2D eigenvalue weighted by atomic mass is 32.2. The molecule has 0 spiro atoms. The molecule has 0 bridgehead atoms. The molecule has 0 radical (unpaired) electrons. The Morgan fingerprint density at radius 3 is 2.38 bits per heavy atom. The van der Waals surface area contributed by atoms with Crippen LogP contribution in [0.25, 0.3) is 0 Å². The number of rotatable bonds is 7. The first kappa shape index (κ1) is 18.3. The van der Waals surface area contributed by atoms with Crippen molar-refractivity contribution >= 4 is 15.7 Å². The lowest BCUT2D eigenvalue weighted by Gasteiger charge is -2.20. The van der Waals surface area contributed by atoms with Crippen LogP contribution in [0, 0.1) is 23.0 Å². The fourth-order valence-electron chi connectivity index (χ4n) is 3.00. The molecule has 1 saturated carbocycles. The van der Waals surface area contributed by atoms with Gasteiger partial charge in [0.25, 0.3) is 5.69 Å². The number of benzene rings is 2. The zero-order valence-electron chi connectivity index (χ0n) is 14.5. The highest BCUT2D eigenvalue weighted by molar-refractivity contribution is 7.89. The molecule has 1 aliphatic carbocycles. The Kier molecular flexibility index (Phi) is 4.97. The fraction of sp³-hybridized carbons (Fsp3) is 0.333. The number of nitro benzene ring substituents is 1. The van der Waals surface area contributed by atoms with Crippen LogP contribution in [-0.4, -0.2) is 20.5 Å². The average Bonchev–Trinajstić information content (AvgIpc) is 3.44. The first-order valence-corrected chi connectivity index (χ1v) is 9.72. The summed E-state index contributed by atoms with van der Waals surface area (Å²) in [6.45, 7) is 1.45. The summed E-state index contributed by atoms with van der Waals surface area (Å²) in [5.41, 5.74) is 0.773. The maximum Gasteiger partial charge on any atom is 0.273 e. The molecule has 26 heavy (non-hydrogen) atoms. The first-order chi connectivity index (χ1) is 12.3. The first-order valence-electron chi connectivity index (χ1n) is 8.24. The van der Waals surface area contributed by atoms with Crippen molar-refractivity contribution in [3.63, 3.8) is 0 Å². The van der Waals surface area contributed by atoms with E-state index in [2.05, 4.69) is 4.72 Å². The summed E-state index contributed by atoms with van der Waals surface area (Å²) in [5.74, 6) is 0.915. The van der Waals surface area contributed by atoms with E-state index in [0.717, 1.165) is 18.4 Å². The summed E-state index contributed by atoms with van der Waals surface area (Å²) in [5, 5.41) is 11.1. The Hall–Kier alpha value is -2.45. The summed E-state index contributed by atoms with van der Waals surface area (Å²) < 4.78 is 33.7. The molecule has 138 valence electrons. The standard InChI is InChI=1S/C18H20N2O5S/c1-12-16(20(21)22)4-3-5-17(12)26(23,24)19-18(13-6-7-13)14-8-10-15(25-2)11-9-14/h3-5,8-11,13,18-19H,6-7H2,1-2H3. The molecule has 2 aromatic rings. The number of nitro groups is 1. The lowest BCUT2D eigenvalue weighted by atomic mass is 10.0. The maximum absolute atomic E-state index is 12.9. The molecule has 0 heterocycles. The van der Waals surface area contributed by atoms with E-state index in [0.29, 0.717) is 5.75 Å². The molecular weight excluding hydrogens is 356 g/mol. The van der Waals surface area contributed by atoms with Crippen molar-refractivity contribution in [2.45, 2.75) is 30.7 Å². The molecule has 0 amide bonds. The van der Waals surface area contributed by atoms with Gasteiger partial charge in [-0.3, -0.25) is 10.1 Å². The monoisotopic (exact) mass is 376 g/mol. The third-order valence-electron chi connectivity index (χ3n) is 4.59. The van der Waals surface area contributed by atoms with E-state index in [1.165, 1.54) is 25.1 Å². The largest absolute Gasteiger partial charge is 0.497 e. The molecule has 7 nitrogen and oxygen atoms in total. The molecule has 3 rings (SSSR count). The average molecular weight is 376 g/mol. The summed E-state index contributed by atoms with van der Waals surface area (Å²) in [6, 6.07) is 11.0. The highest BCUT2D eigenvalue weighted by Crippen LogP contribution is 2.42. The van der Waals surface area contributed by atoms with Gasteiger partial charge in [-0.1, -0.05) is 18.2 Å². The van der Waals surface area contributed by atoms with E-state index in [1.54, 1.807) is 19.2 Å². The second-order valence-electron chi connectivity index (χ2n) is 6.37. The Labute approximate surface area is 152 Å². The zero-order chi connectivity index (χ0) is 18.9. The van der Waals surface area contributed by atoms with Crippen LogP contribution >= 0.6 is 0 Å². The number of ether oxygens (including phenoxy) is 1. The van der Waals surface area contributed by atoms with Crippen LogP contribution in [0.15, 0.2) is 47.4 Å². The topological polar surface area (TPSA) is 98.5 Å². The predicted octanol–water partition coefficient (Wildman–Crippen LogP) is 3.34. The zero-order valence-corrected chi connectivity index (χ0v) is 15.3. The molecule has 0 saturated heterocycles. The van der Waals surface area contributed by atoms with Crippen LogP contribution in [0.2, 0.25) is 0 Å². The Bertz CT molecular complexity index is 921. The molecule has 0 aliphatic heterocycles. The number of nitrogens with one attached hydrogen (secondary N) is 1. The van der Waals surface area contributed by atoms with Gasteiger partial charge >= 0.3 is 0 Å². The molecule has 1 atom stereocenters. The quantitative estimate of drug-likeness (QED) is 0.590. The molecule has 8 heteroatoms. The van der Waals surface area contributed by atoms with Gasteiger partial charge in [-0.25, -0.2) is 13.1 Å². The summed E-state index contributed by atoms with van der Waals surface area (Å²) in [6.07, 6.45) is 1.88. The molecule has 1 N–H and O–H groups in total. The number of hydrogen-bond donors (Lipinski definition) is 1. The minimum Gasteiger partial charge on any atom is -0.497 e. The molecule has 1 fully saturated rings. The second-order valence-corrected chi connectivity index (χ2v) is 8.05. The van der Waals surface area contributed by atoms with Gasteiger partial charge in [0.1, 0.15) is 5.75 Å². The molecular formula is C18H20N2O5S. The third-order valence-corrected chi connectivity index (χ3v) is 6.18. The lowest BCUT2D eigenvalue weighted by Crippen LogP contribution is -2.30. The predicted molar refractivity (Wildman–Crippen MR) is 96.6 cm³/mol. The highest BCUT2D eigenvalue weighted by Gasteiger charge is 2.36. The molecule has 1 aliphatic rings. The minimum atomic E-state index is -3.90. The minimum absolute atomic E-state index is 0.0640. The van der Waals surface area contributed by atoms with Gasteiger partial charge in [0, 0.05) is 17.7 Å². The van der Waals surface area contributed by atoms with E-state index in [4.69, 9.17) is 4.74 Å². The fourth-order valence-corrected chi connectivity index (χ4v) is 4.55. The maximum atomic E-state index is 12.9. The smallest absolute Gasteiger partial charge is 0.273 e. The lowest BCUT2D eigenvalue weighted by molar-refractivity contribution is -0.385. The van der Waals surface area contributed by atoms with Gasteiger partial charge in [0.15, 0.2) is 0 Å². The number of hydrogen-bond acceptors (Lipinski definition) is 5. The second kappa shape index (κ2) is 7.05. The van der Waals surface area contributed by atoms with E-state index in [1.807, 2.05) is 12.1 Å². The van der Waals surface area contributed by atoms with Crippen molar-refractivity contribution in [3.05, 3.63) is 63.7 Å². The number of methoxy groups -OCH3 is 1. The van der Waals surface area contributed by atoms with E-state index in [9.17, 15) is 18.5 Å². The van der Waals surface area contributed by atoms with Crippen LogP contribution in [0.5, 0.6) is 5.75 Å².